The van der Waals surface area contributed by atoms with E-state index in [9.17, 15) is 9.59 Å². The number of ether oxygens (including phenoxy) is 2. The molecule has 0 saturated carbocycles. The summed E-state index contributed by atoms with van der Waals surface area (Å²) < 4.78 is 13.4. The number of aryl methyl sites for hydroxylation is 1. The van der Waals surface area contributed by atoms with E-state index in [0.29, 0.717) is 37.4 Å². The number of hydrogen-bond donors (Lipinski definition) is 1. The molecule has 8 nitrogen and oxygen atoms in total. The van der Waals surface area contributed by atoms with Crippen LogP contribution in [-0.2, 0) is 4.79 Å². The molecule has 0 atom stereocenters. The van der Waals surface area contributed by atoms with Crippen LogP contribution in [0, 0.1) is 10.5 Å². The Balaban J connectivity index is 1.43. The second-order valence-electron chi connectivity index (χ2n) is 8.87. The molecule has 4 aromatic carbocycles. The van der Waals surface area contributed by atoms with Crippen LogP contribution in [-0.4, -0.2) is 35.5 Å². The zero-order valence-corrected chi connectivity index (χ0v) is 24.0. The lowest BCUT2D eigenvalue weighted by molar-refractivity contribution is -0.118. The van der Waals surface area contributed by atoms with Crippen LogP contribution in [0.2, 0.25) is 0 Å². The van der Waals surface area contributed by atoms with Gasteiger partial charge in [-0.2, -0.15) is 9.78 Å². The first-order valence-corrected chi connectivity index (χ1v) is 13.5. The van der Waals surface area contributed by atoms with Gasteiger partial charge >= 0.3 is 0 Å². The van der Waals surface area contributed by atoms with Gasteiger partial charge in [-0.25, -0.2) is 4.98 Å². The fourth-order valence-electron chi connectivity index (χ4n) is 4.12. The third kappa shape index (κ3) is 5.89. The number of anilines is 1. The van der Waals surface area contributed by atoms with E-state index in [0.717, 1.165) is 16.8 Å². The van der Waals surface area contributed by atoms with Crippen molar-refractivity contribution in [1.82, 2.24) is 9.66 Å². The van der Waals surface area contributed by atoms with Crippen molar-refractivity contribution in [3.63, 3.8) is 0 Å². The van der Waals surface area contributed by atoms with E-state index in [-0.39, 0.29) is 18.1 Å². The summed E-state index contributed by atoms with van der Waals surface area (Å²) in [5.74, 6) is 1.02. The molecule has 1 heterocycles. The zero-order chi connectivity index (χ0) is 28.1. The number of fused-ring (bicyclic) bond motifs is 1. The van der Waals surface area contributed by atoms with Crippen molar-refractivity contribution < 1.29 is 14.3 Å². The second-order valence-corrected chi connectivity index (χ2v) is 10.0. The molecule has 40 heavy (non-hydrogen) atoms. The fraction of sp³-hybridized carbons (Fsp3) is 0.0968. The third-order valence-electron chi connectivity index (χ3n) is 6.13. The van der Waals surface area contributed by atoms with Crippen LogP contribution >= 0.6 is 22.6 Å². The van der Waals surface area contributed by atoms with Crippen molar-refractivity contribution in [2.45, 2.75) is 6.92 Å². The summed E-state index contributed by atoms with van der Waals surface area (Å²) in [5.41, 5.74) is 3.46. The van der Waals surface area contributed by atoms with Crippen LogP contribution in [0.15, 0.2) is 101 Å². The molecule has 1 aromatic heterocycles. The lowest BCUT2D eigenvalue weighted by Gasteiger charge is -2.14. The zero-order valence-electron chi connectivity index (χ0n) is 21.8. The normalized spacial score (nSPS) is 11.1. The van der Waals surface area contributed by atoms with Crippen molar-refractivity contribution in [2.75, 3.05) is 19.0 Å². The first kappa shape index (κ1) is 27.1. The maximum Gasteiger partial charge on any atom is 0.282 e. The van der Waals surface area contributed by atoms with Crippen LogP contribution < -0.4 is 20.3 Å². The van der Waals surface area contributed by atoms with Crippen LogP contribution in [0.5, 0.6) is 11.5 Å². The molecule has 0 radical (unpaired) electrons. The predicted octanol–water partition coefficient (Wildman–Crippen LogP) is 5.88. The minimum Gasteiger partial charge on any atom is -0.493 e. The van der Waals surface area contributed by atoms with E-state index in [4.69, 9.17) is 14.5 Å². The fourth-order valence-corrected chi connectivity index (χ4v) is 4.90. The Bertz CT molecular complexity index is 1780. The summed E-state index contributed by atoms with van der Waals surface area (Å²) >= 11 is 2.12. The van der Waals surface area contributed by atoms with Gasteiger partial charge in [0.1, 0.15) is 0 Å². The number of amides is 1. The average Bonchev–Trinajstić information content (AvgIpc) is 2.97. The summed E-state index contributed by atoms with van der Waals surface area (Å²) in [5, 5.41) is 7.86. The van der Waals surface area contributed by atoms with Crippen molar-refractivity contribution in [3.05, 3.63) is 116 Å². The lowest BCUT2D eigenvalue weighted by Crippen LogP contribution is -2.21. The van der Waals surface area contributed by atoms with Crippen LogP contribution in [0.1, 0.15) is 11.1 Å². The van der Waals surface area contributed by atoms with E-state index < -0.39 is 0 Å². The van der Waals surface area contributed by atoms with Gasteiger partial charge in [-0.1, -0.05) is 60.7 Å². The molecular formula is C31H25IN4O4. The Labute approximate surface area is 244 Å². The van der Waals surface area contributed by atoms with E-state index in [1.807, 2.05) is 79.7 Å². The van der Waals surface area contributed by atoms with E-state index in [1.165, 1.54) is 11.8 Å². The molecule has 0 saturated heterocycles. The van der Waals surface area contributed by atoms with Crippen molar-refractivity contribution in [3.8, 4) is 22.9 Å². The number of para-hydroxylation sites is 2. The third-order valence-corrected chi connectivity index (χ3v) is 6.93. The first-order valence-electron chi connectivity index (χ1n) is 12.4. The molecule has 0 aliphatic carbocycles. The molecule has 0 unspecified atom stereocenters. The molecule has 9 heteroatoms. The summed E-state index contributed by atoms with van der Waals surface area (Å²) in [6.07, 6.45) is 1.57. The van der Waals surface area contributed by atoms with Gasteiger partial charge in [0, 0.05) is 11.3 Å². The number of benzene rings is 4. The number of methoxy groups -OCH3 is 1. The van der Waals surface area contributed by atoms with Gasteiger partial charge in [-0.15, -0.1) is 0 Å². The maximum atomic E-state index is 13.4. The minimum absolute atomic E-state index is 0.188. The summed E-state index contributed by atoms with van der Waals surface area (Å²) in [6.45, 7) is 1.74. The van der Waals surface area contributed by atoms with Gasteiger partial charge in [0.25, 0.3) is 11.5 Å². The minimum atomic E-state index is -0.283. The van der Waals surface area contributed by atoms with E-state index >= 15 is 0 Å². The van der Waals surface area contributed by atoms with Gasteiger partial charge < -0.3 is 14.8 Å². The second kappa shape index (κ2) is 12.1. The van der Waals surface area contributed by atoms with Gasteiger partial charge in [-0.3, -0.25) is 9.59 Å². The smallest absolute Gasteiger partial charge is 0.282 e. The number of hydrogen-bond acceptors (Lipinski definition) is 6. The quantitative estimate of drug-likeness (QED) is 0.168. The molecule has 5 rings (SSSR count). The standard InChI is InChI=1S/C31H25IN4O4/c1-20-10-6-8-14-25(20)34-28(37)19-40-29-24(32)16-21(17-27(29)39-2)18-33-36-30(22-11-4-3-5-12-22)35-26-15-9-7-13-23(26)31(36)38/h3-18H,19H2,1-2H3,(H,34,37). The van der Waals surface area contributed by atoms with E-state index in [2.05, 4.69) is 33.0 Å². The number of nitrogens with zero attached hydrogens (tertiary/aromatic N) is 3. The summed E-state index contributed by atoms with van der Waals surface area (Å²) in [6, 6.07) is 27.8. The molecule has 0 aliphatic heterocycles. The average molecular weight is 644 g/mol. The van der Waals surface area contributed by atoms with Crippen molar-refractivity contribution in [2.24, 2.45) is 5.10 Å². The van der Waals surface area contributed by atoms with Gasteiger partial charge in [0.15, 0.2) is 23.9 Å². The van der Waals surface area contributed by atoms with Crippen LogP contribution in [0.4, 0.5) is 5.69 Å². The Morgan fingerprint density at radius 2 is 1.75 bits per heavy atom. The van der Waals surface area contributed by atoms with Gasteiger partial charge in [0.05, 0.1) is 27.8 Å². The number of carbonyl (C=O) groups is 1. The highest BCUT2D eigenvalue weighted by Gasteiger charge is 2.15. The SMILES string of the molecule is COc1cc(C=Nn2c(-c3ccccc3)nc3ccccc3c2=O)cc(I)c1OCC(=O)Nc1ccccc1C. The van der Waals surface area contributed by atoms with Crippen molar-refractivity contribution >= 4 is 51.3 Å². The maximum absolute atomic E-state index is 13.4. The predicted molar refractivity (Wildman–Crippen MR) is 165 cm³/mol. The Morgan fingerprint density at radius 3 is 2.52 bits per heavy atom. The van der Waals surface area contributed by atoms with Crippen LogP contribution in [0.3, 0.4) is 0 Å². The van der Waals surface area contributed by atoms with E-state index in [1.54, 1.807) is 24.4 Å². The molecule has 1 amide bonds. The highest BCUT2D eigenvalue weighted by atomic mass is 127. The molecule has 0 fully saturated rings. The highest BCUT2D eigenvalue weighted by Crippen LogP contribution is 2.33. The lowest BCUT2D eigenvalue weighted by atomic mass is 10.2. The molecule has 0 aliphatic rings. The largest absolute Gasteiger partial charge is 0.493 e. The Morgan fingerprint density at radius 1 is 1.02 bits per heavy atom. The van der Waals surface area contributed by atoms with Gasteiger partial charge in [0.2, 0.25) is 0 Å². The summed E-state index contributed by atoms with van der Waals surface area (Å²) in [4.78, 5) is 30.6. The van der Waals surface area contributed by atoms with Crippen LogP contribution in [0.25, 0.3) is 22.3 Å². The molecule has 0 bridgehead atoms. The first-order chi connectivity index (χ1) is 19.4. The molecule has 1 N–H and O–H groups in total. The molecule has 5 aromatic rings. The topological polar surface area (TPSA) is 94.8 Å². The molecule has 200 valence electrons. The Kier molecular flexibility index (Phi) is 8.20. The monoisotopic (exact) mass is 644 g/mol. The number of halogens is 1. The van der Waals surface area contributed by atoms with Gasteiger partial charge in [-0.05, 0) is 71.0 Å². The van der Waals surface area contributed by atoms with Crippen molar-refractivity contribution in [1.29, 1.82) is 0 Å². The number of nitrogens with one attached hydrogen (secondary N) is 1. The summed E-state index contributed by atoms with van der Waals surface area (Å²) in [7, 11) is 1.53. The number of rotatable bonds is 8. The Hall–Kier alpha value is -4.51. The number of carbonyl (C=O) groups excluding carboxylic acids is 1. The number of aromatic nitrogens is 2. The molecular weight excluding hydrogens is 619 g/mol. The highest BCUT2D eigenvalue weighted by molar-refractivity contribution is 14.1. The molecule has 0 spiro atoms.